The van der Waals surface area contributed by atoms with Crippen LogP contribution in [0.1, 0.15) is 5.56 Å². The Kier molecular flexibility index (Phi) is 6.61. The lowest BCUT2D eigenvalue weighted by Gasteiger charge is -2.17. The van der Waals surface area contributed by atoms with E-state index in [-0.39, 0.29) is 13.2 Å². The van der Waals surface area contributed by atoms with Crippen LogP contribution in [0, 0.1) is 6.92 Å². The van der Waals surface area contributed by atoms with E-state index in [0.717, 1.165) is 5.56 Å². The second-order valence-corrected chi connectivity index (χ2v) is 4.93. The fourth-order valence-electron chi connectivity index (χ4n) is 1.44. The smallest absolute Gasteiger partial charge is 0.282 e. The van der Waals surface area contributed by atoms with Crippen LogP contribution in [0.5, 0.6) is 5.75 Å². The summed E-state index contributed by atoms with van der Waals surface area (Å²) in [5.74, 6) is -2.64. The monoisotopic (exact) mass is 309 g/mol. The fourth-order valence-corrected chi connectivity index (χ4v) is 1.55. The molecule has 0 aliphatic heterocycles. The molecule has 1 rings (SSSR count). The van der Waals surface area contributed by atoms with Gasteiger partial charge in [-0.3, -0.25) is 0 Å². The van der Waals surface area contributed by atoms with Gasteiger partial charge in [0.25, 0.3) is 5.92 Å². The van der Waals surface area contributed by atoms with Crippen LogP contribution in [-0.2, 0) is 0 Å². The molecule has 0 aliphatic carbocycles. The Morgan fingerprint density at radius 1 is 1.45 bits per heavy atom. The molecule has 0 saturated heterocycles. The molecule has 0 amide bonds. The third-order valence-corrected chi connectivity index (χ3v) is 2.99. The maximum atomic E-state index is 12.7. The van der Waals surface area contributed by atoms with Crippen molar-refractivity contribution in [2.45, 2.75) is 19.0 Å². The van der Waals surface area contributed by atoms with Gasteiger partial charge in [-0.15, -0.1) is 0 Å². The van der Waals surface area contributed by atoms with Crippen molar-refractivity contribution in [2.75, 3.05) is 26.3 Å². The molecule has 0 fully saturated rings. The minimum atomic E-state index is -3.19. The van der Waals surface area contributed by atoms with Crippen LogP contribution in [0.2, 0.25) is 5.02 Å². The first-order valence-electron chi connectivity index (χ1n) is 6.10. The minimum absolute atomic E-state index is 0.0290. The fraction of sp³-hybridized carbons (Fsp3) is 0.538. The summed E-state index contributed by atoms with van der Waals surface area (Å²) in [7, 11) is 0. The lowest BCUT2D eigenvalue weighted by Crippen LogP contribution is -2.40. The van der Waals surface area contributed by atoms with Crippen molar-refractivity contribution in [3.8, 4) is 5.75 Å². The summed E-state index contributed by atoms with van der Waals surface area (Å²) in [5.41, 5.74) is 0.847. The van der Waals surface area contributed by atoms with Gasteiger partial charge in [-0.25, -0.2) is 8.78 Å². The second-order valence-electron chi connectivity index (χ2n) is 4.52. The zero-order valence-electron chi connectivity index (χ0n) is 11.1. The largest absolute Gasteiger partial charge is 0.491 e. The molecule has 0 radical (unpaired) electrons. The number of aliphatic hydroxyl groups is 2. The summed E-state index contributed by atoms with van der Waals surface area (Å²) in [5, 5.41) is 20.9. The SMILES string of the molecule is Cc1cc(OCC(O)CNCC(F)(F)CO)ccc1Cl. The zero-order valence-corrected chi connectivity index (χ0v) is 11.8. The van der Waals surface area contributed by atoms with E-state index in [0.29, 0.717) is 10.8 Å². The van der Waals surface area contributed by atoms with E-state index in [4.69, 9.17) is 21.4 Å². The van der Waals surface area contributed by atoms with Gasteiger partial charge in [-0.05, 0) is 30.7 Å². The summed E-state index contributed by atoms with van der Waals surface area (Å²) in [6.07, 6.45) is -0.930. The molecule has 0 bridgehead atoms. The van der Waals surface area contributed by atoms with E-state index in [2.05, 4.69) is 5.32 Å². The van der Waals surface area contributed by atoms with Crippen LogP contribution in [0.15, 0.2) is 18.2 Å². The van der Waals surface area contributed by atoms with Crippen LogP contribution in [0.4, 0.5) is 8.78 Å². The predicted molar refractivity (Wildman–Crippen MR) is 72.6 cm³/mol. The summed E-state index contributed by atoms with van der Waals surface area (Å²) in [6, 6.07) is 5.07. The van der Waals surface area contributed by atoms with E-state index >= 15 is 0 Å². The summed E-state index contributed by atoms with van der Waals surface area (Å²) in [6.45, 7) is -0.178. The van der Waals surface area contributed by atoms with Gasteiger partial charge >= 0.3 is 0 Å². The molecule has 1 unspecified atom stereocenters. The predicted octanol–water partition coefficient (Wildman–Crippen LogP) is 1.61. The van der Waals surface area contributed by atoms with Crippen molar-refractivity contribution in [3.05, 3.63) is 28.8 Å². The van der Waals surface area contributed by atoms with Gasteiger partial charge in [0.05, 0.1) is 6.54 Å². The zero-order chi connectivity index (χ0) is 15.2. The Balaban J connectivity index is 2.29. The average Bonchev–Trinajstić information content (AvgIpc) is 2.40. The lowest BCUT2D eigenvalue weighted by atomic mass is 10.2. The third-order valence-electron chi connectivity index (χ3n) is 2.57. The van der Waals surface area contributed by atoms with Crippen LogP contribution in [0.25, 0.3) is 0 Å². The van der Waals surface area contributed by atoms with E-state index in [1.54, 1.807) is 18.2 Å². The normalized spacial score (nSPS) is 13.3. The number of nitrogens with one attached hydrogen (secondary N) is 1. The second kappa shape index (κ2) is 7.73. The number of halogens is 3. The van der Waals surface area contributed by atoms with Crippen molar-refractivity contribution < 1.29 is 23.7 Å². The first-order chi connectivity index (χ1) is 9.34. The minimum Gasteiger partial charge on any atom is -0.491 e. The van der Waals surface area contributed by atoms with E-state index in [9.17, 15) is 13.9 Å². The molecular weight excluding hydrogens is 292 g/mol. The molecule has 1 aromatic carbocycles. The highest BCUT2D eigenvalue weighted by Crippen LogP contribution is 2.21. The third kappa shape index (κ3) is 6.00. The van der Waals surface area contributed by atoms with Crippen molar-refractivity contribution in [3.63, 3.8) is 0 Å². The first kappa shape index (κ1) is 17.1. The maximum absolute atomic E-state index is 12.7. The highest BCUT2D eigenvalue weighted by molar-refractivity contribution is 6.31. The Bertz CT molecular complexity index is 432. The number of alkyl halides is 2. The van der Waals surface area contributed by atoms with Gasteiger partial charge < -0.3 is 20.3 Å². The van der Waals surface area contributed by atoms with Gasteiger partial charge in [-0.1, -0.05) is 11.6 Å². The topological polar surface area (TPSA) is 61.7 Å². The van der Waals surface area contributed by atoms with Crippen molar-refractivity contribution in [2.24, 2.45) is 0 Å². The first-order valence-corrected chi connectivity index (χ1v) is 6.48. The molecule has 4 nitrogen and oxygen atoms in total. The summed E-state index contributed by atoms with van der Waals surface area (Å²) < 4.78 is 30.7. The Hall–Kier alpha value is -0.950. The molecule has 3 N–H and O–H groups in total. The van der Waals surface area contributed by atoms with E-state index < -0.39 is 25.2 Å². The maximum Gasteiger partial charge on any atom is 0.282 e. The van der Waals surface area contributed by atoms with Gasteiger partial charge in [0.15, 0.2) is 0 Å². The van der Waals surface area contributed by atoms with Crippen molar-refractivity contribution >= 4 is 11.6 Å². The van der Waals surface area contributed by atoms with E-state index in [1.165, 1.54) is 0 Å². The van der Waals surface area contributed by atoms with Gasteiger partial charge in [-0.2, -0.15) is 0 Å². The standard InChI is InChI=1S/C13H18ClF2NO3/c1-9-4-11(2-3-12(9)14)20-6-10(19)5-17-7-13(15,16)8-18/h2-4,10,17-19H,5-8H2,1H3. The number of hydrogen-bond donors (Lipinski definition) is 3. The van der Waals surface area contributed by atoms with Crippen LogP contribution >= 0.6 is 11.6 Å². The van der Waals surface area contributed by atoms with Crippen molar-refractivity contribution in [1.29, 1.82) is 0 Å². The summed E-state index contributed by atoms with van der Waals surface area (Å²) >= 11 is 5.86. The van der Waals surface area contributed by atoms with Crippen LogP contribution in [0.3, 0.4) is 0 Å². The van der Waals surface area contributed by atoms with Crippen LogP contribution < -0.4 is 10.1 Å². The number of aliphatic hydroxyl groups excluding tert-OH is 2. The molecule has 0 spiro atoms. The molecule has 7 heteroatoms. The highest BCUT2D eigenvalue weighted by atomic mass is 35.5. The number of benzene rings is 1. The van der Waals surface area contributed by atoms with E-state index in [1.807, 2.05) is 6.92 Å². The molecule has 0 heterocycles. The highest BCUT2D eigenvalue weighted by Gasteiger charge is 2.27. The Morgan fingerprint density at radius 3 is 2.75 bits per heavy atom. The number of hydrogen-bond acceptors (Lipinski definition) is 4. The number of ether oxygens (including phenoxy) is 1. The molecule has 0 saturated carbocycles. The Labute approximate surface area is 121 Å². The van der Waals surface area contributed by atoms with Crippen molar-refractivity contribution in [1.82, 2.24) is 5.32 Å². The lowest BCUT2D eigenvalue weighted by molar-refractivity contribution is -0.0493. The average molecular weight is 310 g/mol. The number of aryl methyl sites for hydroxylation is 1. The number of rotatable bonds is 8. The molecule has 0 aromatic heterocycles. The Morgan fingerprint density at radius 2 is 2.15 bits per heavy atom. The van der Waals surface area contributed by atoms with Gasteiger partial charge in [0.1, 0.15) is 25.1 Å². The van der Waals surface area contributed by atoms with Gasteiger partial charge in [0.2, 0.25) is 0 Å². The molecule has 20 heavy (non-hydrogen) atoms. The molecule has 0 aliphatic rings. The summed E-state index contributed by atoms with van der Waals surface area (Å²) in [4.78, 5) is 0. The molecule has 1 aromatic rings. The molecule has 1 atom stereocenters. The van der Waals surface area contributed by atoms with Crippen LogP contribution in [-0.4, -0.2) is 48.5 Å². The molecular formula is C13H18ClF2NO3. The molecule has 114 valence electrons. The quantitative estimate of drug-likeness (QED) is 0.683. The van der Waals surface area contributed by atoms with Gasteiger partial charge in [0, 0.05) is 11.6 Å².